The molecule has 4 atom stereocenters. The van der Waals surface area contributed by atoms with Gasteiger partial charge in [0.1, 0.15) is 11.4 Å². The second-order valence-electron chi connectivity index (χ2n) is 10.3. The number of carboxylic acid groups (broad SMARTS) is 1. The molecule has 3 aliphatic rings. The van der Waals surface area contributed by atoms with E-state index in [4.69, 9.17) is 9.47 Å². The number of fused-ring (bicyclic) bond motifs is 4. The molecule has 2 N–H and O–H groups in total. The molecule has 1 aromatic heterocycles. The topological polar surface area (TPSA) is 105 Å². The molecule has 0 radical (unpaired) electrons. The Morgan fingerprint density at radius 3 is 2.97 bits per heavy atom. The Hall–Kier alpha value is -3.39. The molecule has 8 nitrogen and oxygen atoms in total. The van der Waals surface area contributed by atoms with Crippen LogP contribution in [0.5, 0.6) is 5.75 Å². The maximum Gasteiger partial charge on any atom is 0.303 e. The van der Waals surface area contributed by atoms with Gasteiger partial charge in [-0.05, 0) is 56.9 Å². The van der Waals surface area contributed by atoms with Crippen LogP contribution in [-0.2, 0) is 9.53 Å². The van der Waals surface area contributed by atoms with E-state index in [1.807, 2.05) is 54.3 Å². The molecule has 1 spiro atoms. The van der Waals surface area contributed by atoms with Gasteiger partial charge in [0, 0.05) is 30.0 Å². The highest BCUT2D eigenvalue weighted by atomic mass is 16.5. The van der Waals surface area contributed by atoms with Crippen LogP contribution in [0.3, 0.4) is 0 Å². The van der Waals surface area contributed by atoms with Crippen molar-refractivity contribution in [3.05, 3.63) is 59.9 Å². The standard InChI is InChI=1S/C27H29N3O5/c1-26(11-9-23(31)32)19-14-27(15-34-24(19)18-5-2-3-6-22(18)35-26)10-4-12-30(27)25(33)17-7-8-20-21(13-17)29-16-28-20/h2-3,5-8,13,16,19,24H,4,9-12,14-15H2,1H3,(H,28,29)(H,31,32)/t19-,24+,26+,27+/m1/s1. The Morgan fingerprint density at radius 2 is 2.11 bits per heavy atom. The van der Waals surface area contributed by atoms with Gasteiger partial charge in [-0.15, -0.1) is 0 Å². The molecule has 0 saturated carbocycles. The van der Waals surface area contributed by atoms with E-state index in [-0.39, 0.29) is 24.3 Å². The molecule has 2 fully saturated rings. The van der Waals surface area contributed by atoms with Crippen molar-refractivity contribution >= 4 is 22.9 Å². The molecule has 1 amide bonds. The Bertz CT molecular complexity index is 1300. The molecule has 182 valence electrons. The van der Waals surface area contributed by atoms with Crippen molar-refractivity contribution in [2.24, 2.45) is 5.92 Å². The van der Waals surface area contributed by atoms with E-state index in [9.17, 15) is 14.7 Å². The number of nitrogens with zero attached hydrogens (tertiary/aromatic N) is 2. The van der Waals surface area contributed by atoms with Gasteiger partial charge in [0.2, 0.25) is 0 Å². The smallest absolute Gasteiger partial charge is 0.303 e. The van der Waals surface area contributed by atoms with E-state index in [0.717, 1.165) is 35.2 Å². The number of hydrogen-bond donors (Lipinski definition) is 2. The minimum atomic E-state index is -0.844. The summed E-state index contributed by atoms with van der Waals surface area (Å²) in [6.07, 6.45) is 4.30. The molecule has 0 bridgehead atoms. The molecule has 3 aromatic rings. The number of carboxylic acids is 1. The maximum atomic E-state index is 13.7. The average molecular weight is 476 g/mol. The fourth-order valence-corrected chi connectivity index (χ4v) is 6.35. The van der Waals surface area contributed by atoms with Crippen molar-refractivity contribution in [2.45, 2.75) is 56.3 Å². The summed E-state index contributed by atoms with van der Waals surface area (Å²) in [6.45, 7) is 3.12. The van der Waals surface area contributed by atoms with Crippen LogP contribution in [0.2, 0.25) is 0 Å². The first-order chi connectivity index (χ1) is 16.9. The highest BCUT2D eigenvalue weighted by Gasteiger charge is 2.57. The van der Waals surface area contributed by atoms with Crippen molar-refractivity contribution in [1.29, 1.82) is 0 Å². The van der Waals surface area contributed by atoms with Crippen molar-refractivity contribution in [3.8, 4) is 5.75 Å². The van der Waals surface area contributed by atoms with Crippen molar-refractivity contribution in [3.63, 3.8) is 0 Å². The van der Waals surface area contributed by atoms with E-state index < -0.39 is 17.1 Å². The number of imidazole rings is 1. The number of rotatable bonds is 4. The fourth-order valence-electron chi connectivity index (χ4n) is 6.35. The zero-order chi connectivity index (χ0) is 24.2. The van der Waals surface area contributed by atoms with Gasteiger partial charge in [0.15, 0.2) is 0 Å². The minimum absolute atomic E-state index is 0.00887. The van der Waals surface area contributed by atoms with Gasteiger partial charge in [0.25, 0.3) is 5.91 Å². The van der Waals surface area contributed by atoms with Crippen LogP contribution in [0.1, 0.15) is 61.1 Å². The third-order valence-corrected chi connectivity index (χ3v) is 8.19. The lowest BCUT2D eigenvalue weighted by Crippen LogP contribution is -2.60. The van der Waals surface area contributed by atoms with Gasteiger partial charge in [-0.1, -0.05) is 18.2 Å². The predicted octanol–water partition coefficient (Wildman–Crippen LogP) is 4.33. The molecular weight excluding hydrogens is 446 g/mol. The summed E-state index contributed by atoms with van der Waals surface area (Å²) in [5.41, 5.74) is 2.14. The largest absolute Gasteiger partial charge is 0.487 e. The molecule has 2 saturated heterocycles. The number of carbonyl (C=O) groups excluding carboxylic acids is 1. The first-order valence-corrected chi connectivity index (χ1v) is 12.3. The van der Waals surface area contributed by atoms with Gasteiger partial charge in [0.05, 0.1) is 35.6 Å². The second-order valence-corrected chi connectivity index (χ2v) is 10.3. The number of likely N-dealkylation sites (tertiary alicyclic amines) is 1. The molecule has 0 unspecified atom stereocenters. The average Bonchev–Trinajstić information content (AvgIpc) is 3.49. The van der Waals surface area contributed by atoms with Crippen LogP contribution in [0.15, 0.2) is 48.8 Å². The quantitative estimate of drug-likeness (QED) is 0.582. The number of ether oxygens (including phenoxy) is 2. The van der Waals surface area contributed by atoms with E-state index in [1.54, 1.807) is 6.33 Å². The zero-order valence-electron chi connectivity index (χ0n) is 19.7. The number of para-hydroxylation sites is 1. The summed E-state index contributed by atoms with van der Waals surface area (Å²) in [6, 6.07) is 13.4. The molecule has 3 aliphatic heterocycles. The van der Waals surface area contributed by atoms with E-state index in [0.29, 0.717) is 31.6 Å². The third kappa shape index (κ3) is 3.58. The number of H-pyrrole nitrogens is 1. The summed E-state index contributed by atoms with van der Waals surface area (Å²) in [7, 11) is 0. The summed E-state index contributed by atoms with van der Waals surface area (Å²) in [5, 5.41) is 9.41. The molecule has 8 heteroatoms. The predicted molar refractivity (Wildman–Crippen MR) is 128 cm³/mol. The Balaban J connectivity index is 1.34. The van der Waals surface area contributed by atoms with Crippen LogP contribution in [0.25, 0.3) is 11.0 Å². The molecule has 2 aromatic carbocycles. The lowest BCUT2D eigenvalue weighted by atomic mass is 9.68. The summed E-state index contributed by atoms with van der Waals surface area (Å²) in [4.78, 5) is 34.5. The SMILES string of the molecule is C[C@@]1(CCC(=O)O)Oc2ccccc2[C@@H]2OC[C@]3(CCCN3C(=O)c3ccc4nc[nH]c4c3)C[C@H]21. The van der Waals surface area contributed by atoms with Crippen LogP contribution >= 0.6 is 0 Å². The highest BCUT2D eigenvalue weighted by Crippen LogP contribution is 2.55. The number of aliphatic carboxylic acids is 1. The molecule has 6 rings (SSSR count). The lowest BCUT2D eigenvalue weighted by molar-refractivity contribution is -0.169. The van der Waals surface area contributed by atoms with E-state index in [1.165, 1.54) is 0 Å². The minimum Gasteiger partial charge on any atom is -0.487 e. The lowest BCUT2D eigenvalue weighted by Gasteiger charge is -2.54. The monoisotopic (exact) mass is 475 g/mol. The van der Waals surface area contributed by atoms with Gasteiger partial charge in [-0.2, -0.15) is 0 Å². The van der Waals surface area contributed by atoms with Crippen molar-refractivity contribution in [2.75, 3.05) is 13.2 Å². The van der Waals surface area contributed by atoms with Gasteiger partial charge < -0.3 is 24.5 Å². The number of hydrogen-bond acceptors (Lipinski definition) is 5. The van der Waals surface area contributed by atoms with Gasteiger partial charge in [-0.3, -0.25) is 9.59 Å². The van der Waals surface area contributed by atoms with E-state index >= 15 is 0 Å². The number of benzene rings is 2. The summed E-state index contributed by atoms with van der Waals surface area (Å²) >= 11 is 0. The Labute approximate surface area is 203 Å². The normalized spacial score (nSPS) is 29.6. The highest BCUT2D eigenvalue weighted by molar-refractivity contribution is 5.98. The first-order valence-electron chi connectivity index (χ1n) is 12.3. The van der Waals surface area contributed by atoms with Gasteiger partial charge >= 0.3 is 5.97 Å². The maximum absolute atomic E-state index is 13.7. The van der Waals surface area contributed by atoms with E-state index in [2.05, 4.69) is 9.97 Å². The number of amides is 1. The number of aromatic amines is 1. The summed E-state index contributed by atoms with van der Waals surface area (Å²) < 4.78 is 13.1. The van der Waals surface area contributed by atoms with Crippen LogP contribution < -0.4 is 4.74 Å². The molecule has 4 heterocycles. The van der Waals surface area contributed by atoms with Crippen LogP contribution in [0.4, 0.5) is 0 Å². The molecule has 35 heavy (non-hydrogen) atoms. The van der Waals surface area contributed by atoms with Crippen LogP contribution in [0, 0.1) is 5.92 Å². The van der Waals surface area contributed by atoms with Crippen molar-refractivity contribution < 1.29 is 24.2 Å². The number of nitrogens with one attached hydrogen (secondary N) is 1. The number of carbonyl (C=O) groups is 2. The second kappa shape index (κ2) is 8.09. The Kier molecular flexibility index (Phi) is 5.11. The van der Waals surface area contributed by atoms with Crippen LogP contribution in [-0.4, -0.2) is 56.1 Å². The van der Waals surface area contributed by atoms with Gasteiger partial charge in [-0.25, -0.2) is 4.98 Å². The third-order valence-electron chi connectivity index (χ3n) is 8.19. The zero-order valence-corrected chi connectivity index (χ0v) is 19.7. The molecular formula is C27H29N3O5. The molecule has 0 aliphatic carbocycles. The number of aromatic nitrogens is 2. The Morgan fingerprint density at radius 1 is 1.26 bits per heavy atom. The first kappa shape index (κ1) is 22.1. The fraction of sp³-hybridized carbons (Fsp3) is 0.444. The van der Waals surface area contributed by atoms with Crippen molar-refractivity contribution in [1.82, 2.24) is 14.9 Å². The summed E-state index contributed by atoms with van der Waals surface area (Å²) in [5.74, 6) is -0.173.